The molecule has 1 atom stereocenters. The maximum atomic E-state index is 4.33. The molecule has 1 N–H and O–H groups in total. The first-order valence-corrected chi connectivity index (χ1v) is 6.46. The van der Waals surface area contributed by atoms with Gasteiger partial charge in [0, 0.05) is 25.0 Å². The molecule has 0 fully saturated rings. The van der Waals surface area contributed by atoms with Gasteiger partial charge in [0.15, 0.2) is 0 Å². The summed E-state index contributed by atoms with van der Waals surface area (Å²) in [5.74, 6) is 1.05. The zero-order valence-electron chi connectivity index (χ0n) is 11.3. The SMILES string of the molecule is Cc1nccn1C(CNC(C)C)c1ccccc1. The van der Waals surface area contributed by atoms with Crippen molar-refractivity contribution in [2.24, 2.45) is 0 Å². The second kappa shape index (κ2) is 5.83. The van der Waals surface area contributed by atoms with Crippen molar-refractivity contribution >= 4 is 0 Å². The molecule has 1 unspecified atom stereocenters. The van der Waals surface area contributed by atoms with E-state index in [1.54, 1.807) is 0 Å². The lowest BCUT2D eigenvalue weighted by Gasteiger charge is -2.22. The molecule has 0 amide bonds. The Morgan fingerprint density at radius 1 is 1.22 bits per heavy atom. The van der Waals surface area contributed by atoms with Crippen molar-refractivity contribution < 1.29 is 0 Å². The molecule has 18 heavy (non-hydrogen) atoms. The molecule has 0 saturated carbocycles. The highest BCUT2D eigenvalue weighted by molar-refractivity contribution is 5.21. The predicted molar refractivity (Wildman–Crippen MR) is 74.7 cm³/mol. The van der Waals surface area contributed by atoms with Crippen LogP contribution in [0.15, 0.2) is 42.7 Å². The number of aromatic nitrogens is 2. The summed E-state index contributed by atoms with van der Waals surface area (Å²) in [6.07, 6.45) is 3.91. The van der Waals surface area contributed by atoms with Gasteiger partial charge in [0.25, 0.3) is 0 Å². The van der Waals surface area contributed by atoms with E-state index in [1.807, 2.05) is 13.1 Å². The molecule has 1 aromatic heterocycles. The third kappa shape index (κ3) is 2.99. The number of nitrogens with one attached hydrogen (secondary N) is 1. The number of nitrogens with zero attached hydrogens (tertiary/aromatic N) is 2. The summed E-state index contributed by atoms with van der Waals surface area (Å²) in [5, 5.41) is 3.51. The summed E-state index contributed by atoms with van der Waals surface area (Å²) in [6.45, 7) is 7.30. The number of hydrogen-bond donors (Lipinski definition) is 1. The van der Waals surface area contributed by atoms with Gasteiger partial charge in [-0.1, -0.05) is 44.2 Å². The molecule has 0 aliphatic heterocycles. The lowest BCUT2D eigenvalue weighted by molar-refractivity contribution is 0.480. The maximum absolute atomic E-state index is 4.33. The van der Waals surface area contributed by atoms with Gasteiger partial charge in [-0.15, -0.1) is 0 Å². The molecule has 96 valence electrons. The monoisotopic (exact) mass is 243 g/mol. The van der Waals surface area contributed by atoms with Crippen LogP contribution in [0.1, 0.15) is 31.3 Å². The van der Waals surface area contributed by atoms with E-state index in [9.17, 15) is 0 Å². The van der Waals surface area contributed by atoms with Crippen molar-refractivity contribution in [2.75, 3.05) is 6.54 Å². The summed E-state index contributed by atoms with van der Waals surface area (Å²) < 4.78 is 2.23. The molecular weight excluding hydrogens is 222 g/mol. The molecule has 0 spiro atoms. The van der Waals surface area contributed by atoms with Gasteiger partial charge in [-0.05, 0) is 12.5 Å². The van der Waals surface area contributed by atoms with Gasteiger partial charge in [-0.3, -0.25) is 0 Å². The third-order valence-corrected chi connectivity index (χ3v) is 3.10. The highest BCUT2D eigenvalue weighted by atomic mass is 15.1. The van der Waals surface area contributed by atoms with E-state index in [4.69, 9.17) is 0 Å². The fourth-order valence-corrected chi connectivity index (χ4v) is 2.12. The first-order valence-electron chi connectivity index (χ1n) is 6.46. The summed E-state index contributed by atoms with van der Waals surface area (Å²) >= 11 is 0. The van der Waals surface area contributed by atoms with Gasteiger partial charge >= 0.3 is 0 Å². The van der Waals surface area contributed by atoms with Crippen LogP contribution in [-0.4, -0.2) is 22.1 Å². The van der Waals surface area contributed by atoms with E-state index in [1.165, 1.54) is 5.56 Å². The maximum Gasteiger partial charge on any atom is 0.106 e. The quantitative estimate of drug-likeness (QED) is 0.875. The van der Waals surface area contributed by atoms with Crippen LogP contribution in [0.3, 0.4) is 0 Å². The average molecular weight is 243 g/mol. The first kappa shape index (κ1) is 12.8. The molecule has 1 aromatic carbocycles. The van der Waals surface area contributed by atoms with Crippen molar-refractivity contribution in [3.8, 4) is 0 Å². The molecule has 0 bridgehead atoms. The van der Waals surface area contributed by atoms with Crippen LogP contribution in [0.2, 0.25) is 0 Å². The van der Waals surface area contributed by atoms with Crippen molar-refractivity contribution in [2.45, 2.75) is 32.9 Å². The molecule has 3 nitrogen and oxygen atoms in total. The minimum absolute atomic E-state index is 0.302. The highest BCUT2D eigenvalue weighted by Gasteiger charge is 2.15. The van der Waals surface area contributed by atoms with Crippen LogP contribution < -0.4 is 5.32 Å². The van der Waals surface area contributed by atoms with Gasteiger partial charge in [-0.2, -0.15) is 0 Å². The Kier molecular flexibility index (Phi) is 4.15. The van der Waals surface area contributed by atoms with Gasteiger partial charge in [0.2, 0.25) is 0 Å². The van der Waals surface area contributed by atoms with Crippen molar-refractivity contribution in [1.82, 2.24) is 14.9 Å². The summed E-state index contributed by atoms with van der Waals surface area (Å²) in [7, 11) is 0. The molecule has 0 radical (unpaired) electrons. The Hall–Kier alpha value is -1.61. The fourth-order valence-electron chi connectivity index (χ4n) is 2.12. The van der Waals surface area contributed by atoms with Gasteiger partial charge < -0.3 is 9.88 Å². The van der Waals surface area contributed by atoms with Gasteiger partial charge in [0.05, 0.1) is 6.04 Å². The normalized spacial score (nSPS) is 12.9. The predicted octanol–water partition coefficient (Wildman–Crippen LogP) is 2.78. The van der Waals surface area contributed by atoms with E-state index in [0.717, 1.165) is 12.4 Å². The van der Waals surface area contributed by atoms with Crippen LogP contribution in [0.4, 0.5) is 0 Å². The molecule has 0 saturated heterocycles. The van der Waals surface area contributed by atoms with E-state index in [-0.39, 0.29) is 0 Å². The number of hydrogen-bond acceptors (Lipinski definition) is 2. The molecule has 2 aromatic rings. The van der Waals surface area contributed by atoms with Crippen LogP contribution >= 0.6 is 0 Å². The molecule has 0 aliphatic rings. The minimum atomic E-state index is 0.302. The Bertz CT molecular complexity index is 473. The van der Waals surface area contributed by atoms with Crippen molar-refractivity contribution in [1.29, 1.82) is 0 Å². The average Bonchev–Trinajstić information content (AvgIpc) is 2.77. The van der Waals surface area contributed by atoms with Crippen LogP contribution in [0, 0.1) is 6.92 Å². The van der Waals surface area contributed by atoms with Crippen LogP contribution in [0.5, 0.6) is 0 Å². The van der Waals surface area contributed by atoms with E-state index >= 15 is 0 Å². The Morgan fingerprint density at radius 2 is 1.94 bits per heavy atom. The van der Waals surface area contributed by atoms with Gasteiger partial charge in [0.1, 0.15) is 5.82 Å². The number of aryl methyl sites for hydroxylation is 1. The second-order valence-electron chi connectivity index (χ2n) is 4.87. The zero-order valence-corrected chi connectivity index (χ0v) is 11.3. The molecule has 2 rings (SSSR count). The Balaban J connectivity index is 2.26. The van der Waals surface area contributed by atoms with E-state index < -0.39 is 0 Å². The van der Waals surface area contributed by atoms with Crippen molar-refractivity contribution in [3.63, 3.8) is 0 Å². The largest absolute Gasteiger partial charge is 0.326 e. The first-order chi connectivity index (χ1) is 8.68. The summed E-state index contributed by atoms with van der Waals surface area (Å²) in [6, 6.07) is 11.4. The number of imidazole rings is 1. The molecular formula is C15H21N3. The zero-order chi connectivity index (χ0) is 13.0. The second-order valence-corrected chi connectivity index (χ2v) is 4.87. The van der Waals surface area contributed by atoms with Crippen LogP contribution in [0.25, 0.3) is 0 Å². The minimum Gasteiger partial charge on any atom is -0.326 e. The van der Waals surface area contributed by atoms with Crippen molar-refractivity contribution in [3.05, 3.63) is 54.1 Å². The van der Waals surface area contributed by atoms with E-state index in [0.29, 0.717) is 12.1 Å². The molecule has 0 aliphatic carbocycles. The summed E-state index contributed by atoms with van der Waals surface area (Å²) in [4.78, 5) is 4.33. The number of rotatable bonds is 5. The number of benzene rings is 1. The lowest BCUT2D eigenvalue weighted by Crippen LogP contribution is -2.31. The highest BCUT2D eigenvalue weighted by Crippen LogP contribution is 2.19. The molecule has 3 heteroatoms. The van der Waals surface area contributed by atoms with E-state index in [2.05, 4.69) is 65.2 Å². The lowest BCUT2D eigenvalue weighted by atomic mass is 10.1. The Labute approximate surface area is 109 Å². The fraction of sp³-hybridized carbons (Fsp3) is 0.400. The molecule has 1 heterocycles. The summed E-state index contributed by atoms with van der Waals surface area (Å²) in [5.41, 5.74) is 1.31. The topological polar surface area (TPSA) is 29.9 Å². The van der Waals surface area contributed by atoms with Gasteiger partial charge in [-0.25, -0.2) is 4.98 Å². The smallest absolute Gasteiger partial charge is 0.106 e. The third-order valence-electron chi connectivity index (χ3n) is 3.10. The van der Waals surface area contributed by atoms with Crippen LogP contribution in [-0.2, 0) is 0 Å². The standard InChI is InChI=1S/C15H21N3/c1-12(2)17-11-15(14-7-5-4-6-8-14)18-10-9-16-13(18)3/h4-10,12,15,17H,11H2,1-3H3. The Morgan fingerprint density at radius 3 is 2.50 bits per heavy atom.